The number of aliphatic hydroxyl groups is 1. The molecule has 1 aromatic carbocycles. The summed E-state index contributed by atoms with van der Waals surface area (Å²) in [6, 6.07) is 9.99. The van der Waals surface area contributed by atoms with E-state index in [9.17, 15) is 14.7 Å². The largest absolute Gasteiger partial charge is 0.460 e. The van der Waals surface area contributed by atoms with Crippen LogP contribution in [-0.2, 0) is 16.0 Å². The number of aliphatic hydroxyl groups excluding tert-OH is 1. The topological polar surface area (TPSA) is 88.5 Å². The van der Waals surface area contributed by atoms with E-state index in [1.165, 1.54) is 11.3 Å². The van der Waals surface area contributed by atoms with Crippen LogP contribution in [-0.4, -0.2) is 40.2 Å². The fourth-order valence-corrected chi connectivity index (χ4v) is 4.29. The van der Waals surface area contributed by atoms with Crippen molar-refractivity contribution in [2.45, 2.75) is 51.7 Å². The molecule has 3 atom stereocenters. The Morgan fingerprint density at radius 1 is 1.24 bits per heavy atom. The van der Waals surface area contributed by atoms with Gasteiger partial charge < -0.3 is 15.2 Å². The van der Waals surface area contributed by atoms with Gasteiger partial charge in [0.25, 0.3) is 5.91 Å². The van der Waals surface area contributed by atoms with Crippen molar-refractivity contribution in [3.63, 3.8) is 0 Å². The molecule has 2 N–H and O–H groups in total. The predicted molar refractivity (Wildman–Crippen MR) is 112 cm³/mol. The van der Waals surface area contributed by atoms with Crippen LogP contribution in [0.2, 0.25) is 0 Å². The molecule has 29 heavy (non-hydrogen) atoms. The third-order valence-electron chi connectivity index (χ3n) is 4.90. The summed E-state index contributed by atoms with van der Waals surface area (Å²) in [6.45, 7) is 5.79. The van der Waals surface area contributed by atoms with Crippen LogP contribution in [0.1, 0.15) is 54.7 Å². The van der Waals surface area contributed by atoms with E-state index >= 15 is 0 Å². The summed E-state index contributed by atoms with van der Waals surface area (Å²) < 4.78 is 5.42. The van der Waals surface area contributed by atoms with Crippen molar-refractivity contribution in [1.82, 2.24) is 10.3 Å². The lowest BCUT2D eigenvalue weighted by atomic mass is 10.0. The average Bonchev–Trinajstić information content (AvgIpc) is 3.26. The first kappa shape index (κ1) is 21.5. The number of benzene rings is 1. The number of esters is 1. The minimum Gasteiger partial charge on any atom is -0.460 e. The van der Waals surface area contributed by atoms with Gasteiger partial charge in [0.05, 0.1) is 17.0 Å². The number of thiazole rings is 1. The molecule has 1 amide bonds. The Hall–Kier alpha value is -2.25. The van der Waals surface area contributed by atoms with Gasteiger partial charge in [-0.1, -0.05) is 30.3 Å². The van der Waals surface area contributed by atoms with Gasteiger partial charge in [0.15, 0.2) is 0 Å². The second kappa shape index (κ2) is 9.05. The molecule has 0 saturated heterocycles. The highest BCUT2D eigenvalue weighted by molar-refractivity contribution is 7.09. The Kier molecular flexibility index (Phi) is 6.70. The van der Waals surface area contributed by atoms with Crippen LogP contribution < -0.4 is 5.32 Å². The number of nitrogens with zero attached hydrogens (tertiary/aromatic N) is 1. The Balaban J connectivity index is 1.50. The molecule has 1 heterocycles. The third-order valence-corrected chi connectivity index (χ3v) is 5.75. The maximum Gasteiger partial charge on any atom is 0.309 e. The van der Waals surface area contributed by atoms with Crippen LogP contribution in [0.3, 0.4) is 0 Å². The highest BCUT2D eigenvalue weighted by atomic mass is 32.1. The van der Waals surface area contributed by atoms with Gasteiger partial charge in [0.2, 0.25) is 0 Å². The fraction of sp³-hybridized carbons (Fsp3) is 0.500. The van der Waals surface area contributed by atoms with E-state index in [2.05, 4.69) is 10.3 Å². The van der Waals surface area contributed by atoms with E-state index in [4.69, 9.17) is 4.74 Å². The van der Waals surface area contributed by atoms with Crippen molar-refractivity contribution in [1.29, 1.82) is 0 Å². The van der Waals surface area contributed by atoms with E-state index < -0.39 is 11.7 Å². The molecule has 1 fully saturated rings. The molecule has 2 aromatic rings. The number of hydrogen-bond acceptors (Lipinski definition) is 6. The molecular weight excluding hydrogens is 388 g/mol. The molecule has 6 nitrogen and oxygen atoms in total. The molecule has 1 aliphatic rings. The lowest BCUT2D eigenvalue weighted by Gasteiger charge is -2.22. The average molecular weight is 417 g/mol. The molecule has 1 saturated carbocycles. The van der Waals surface area contributed by atoms with Gasteiger partial charge in [-0.05, 0) is 39.2 Å². The molecule has 0 aliphatic heterocycles. The van der Waals surface area contributed by atoms with E-state index in [0.717, 1.165) is 10.6 Å². The zero-order chi connectivity index (χ0) is 21.0. The second-order valence-electron chi connectivity index (χ2n) is 8.53. The Bertz CT molecular complexity index is 844. The number of amides is 1. The molecule has 0 unspecified atom stereocenters. The number of carbonyl (C=O) groups is 2. The zero-order valence-corrected chi connectivity index (χ0v) is 17.9. The van der Waals surface area contributed by atoms with Gasteiger partial charge in [-0.2, -0.15) is 0 Å². The lowest BCUT2D eigenvalue weighted by molar-refractivity contribution is -0.160. The zero-order valence-electron chi connectivity index (χ0n) is 17.1. The number of rotatable bonds is 6. The van der Waals surface area contributed by atoms with E-state index in [0.29, 0.717) is 31.5 Å². The first-order valence-corrected chi connectivity index (χ1v) is 10.8. The third kappa shape index (κ3) is 6.11. The summed E-state index contributed by atoms with van der Waals surface area (Å²) in [5, 5.41) is 15.8. The second-order valence-corrected chi connectivity index (χ2v) is 9.47. The van der Waals surface area contributed by atoms with Crippen LogP contribution in [0.25, 0.3) is 0 Å². The summed E-state index contributed by atoms with van der Waals surface area (Å²) in [5.41, 5.74) is 0.990. The van der Waals surface area contributed by atoms with Gasteiger partial charge >= 0.3 is 5.97 Å². The molecule has 156 valence electrons. The summed E-state index contributed by atoms with van der Waals surface area (Å²) >= 11 is 1.46. The summed E-state index contributed by atoms with van der Waals surface area (Å²) in [6.07, 6.45) is 0.939. The lowest BCUT2D eigenvalue weighted by Crippen LogP contribution is -2.32. The fourth-order valence-electron chi connectivity index (χ4n) is 3.48. The van der Waals surface area contributed by atoms with Crippen LogP contribution in [0.4, 0.5) is 0 Å². The maximum absolute atomic E-state index is 12.4. The number of carbonyl (C=O) groups excluding carboxylic acids is 2. The smallest absolute Gasteiger partial charge is 0.309 e. The standard InChI is InChI=1S/C22H28N2O4S/c1-22(2,3)28-21(27)15-10-16(18(25)11-15)12-23-20(26)17-13-29-19(24-17)9-14-7-5-4-6-8-14/h4-8,13,15-16,18,25H,9-12H2,1-3H3,(H,23,26)/t15-,16-,18-/m0/s1. The number of nitrogens with one attached hydrogen (secondary N) is 1. The van der Waals surface area contributed by atoms with E-state index in [1.807, 2.05) is 51.1 Å². The van der Waals surface area contributed by atoms with Crippen LogP contribution in [0.5, 0.6) is 0 Å². The summed E-state index contributed by atoms with van der Waals surface area (Å²) in [4.78, 5) is 29.1. The van der Waals surface area contributed by atoms with Gasteiger partial charge in [0, 0.05) is 24.3 Å². The van der Waals surface area contributed by atoms with Crippen molar-refractivity contribution in [3.05, 3.63) is 52.0 Å². The highest BCUT2D eigenvalue weighted by Crippen LogP contribution is 2.33. The van der Waals surface area contributed by atoms with Crippen molar-refractivity contribution in [2.75, 3.05) is 6.54 Å². The monoisotopic (exact) mass is 416 g/mol. The number of ether oxygens (including phenoxy) is 1. The normalized spacial score (nSPS) is 21.7. The molecule has 7 heteroatoms. The first-order chi connectivity index (χ1) is 13.7. The quantitative estimate of drug-likeness (QED) is 0.706. The van der Waals surface area contributed by atoms with E-state index in [1.54, 1.807) is 5.38 Å². The molecule has 0 radical (unpaired) electrons. The van der Waals surface area contributed by atoms with E-state index in [-0.39, 0.29) is 23.7 Å². The molecule has 1 aliphatic carbocycles. The molecule has 1 aromatic heterocycles. The molecule has 3 rings (SSSR count). The van der Waals surface area contributed by atoms with Crippen LogP contribution in [0.15, 0.2) is 35.7 Å². The number of aromatic nitrogens is 1. The molecular formula is C22H28N2O4S. The van der Waals surface area contributed by atoms with Gasteiger partial charge in [0.1, 0.15) is 11.3 Å². The minimum atomic E-state index is -0.628. The highest BCUT2D eigenvalue weighted by Gasteiger charge is 2.39. The van der Waals surface area contributed by atoms with Crippen molar-refractivity contribution >= 4 is 23.2 Å². The number of hydrogen-bond donors (Lipinski definition) is 2. The van der Waals surface area contributed by atoms with Crippen LogP contribution in [0, 0.1) is 11.8 Å². The predicted octanol–water partition coefficient (Wildman–Crippen LogP) is 3.19. The molecule has 0 spiro atoms. The van der Waals surface area contributed by atoms with Gasteiger partial charge in [-0.15, -0.1) is 11.3 Å². The minimum absolute atomic E-state index is 0.168. The van der Waals surface area contributed by atoms with Gasteiger partial charge in [-0.25, -0.2) is 4.98 Å². The first-order valence-electron chi connectivity index (χ1n) is 9.89. The van der Waals surface area contributed by atoms with Gasteiger partial charge in [-0.3, -0.25) is 9.59 Å². The van der Waals surface area contributed by atoms with Crippen molar-refractivity contribution < 1.29 is 19.4 Å². The Labute approximate surface area is 175 Å². The Morgan fingerprint density at radius 2 is 1.97 bits per heavy atom. The maximum atomic E-state index is 12.4. The van der Waals surface area contributed by atoms with Crippen molar-refractivity contribution in [3.8, 4) is 0 Å². The Morgan fingerprint density at radius 3 is 2.66 bits per heavy atom. The summed E-state index contributed by atoms with van der Waals surface area (Å²) in [7, 11) is 0. The SMILES string of the molecule is CC(C)(C)OC(=O)[C@H]1C[C@@H](CNC(=O)c2csc(Cc3ccccc3)n2)[C@@H](O)C1. The summed E-state index contributed by atoms with van der Waals surface area (Å²) in [5.74, 6) is -1.04. The van der Waals surface area contributed by atoms with Crippen LogP contribution >= 0.6 is 11.3 Å². The van der Waals surface area contributed by atoms with Crippen molar-refractivity contribution in [2.24, 2.45) is 11.8 Å². The molecule has 0 bridgehead atoms.